The largest absolute Gasteiger partial charge is 0.264 e. The number of hydrogen-bond acceptors (Lipinski definition) is 1. The average Bonchev–Trinajstić information content (AvgIpc) is 2.32. The summed E-state index contributed by atoms with van der Waals surface area (Å²) in [6.45, 7) is 2.05. The van der Waals surface area contributed by atoms with Gasteiger partial charge in [-0.05, 0) is 55.0 Å². The van der Waals surface area contributed by atoms with Crippen molar-refractivity contribution in [1.29, 1.82) is 0 Å². The molecule has 0 saturated carbocycles. The molecule has 0 atom stereocenters. The number of hydrogen-bond donors (Lipinski definition) is 0. The van der Waals surface area contributed by atoms with Gasteiger partial charge in [0.05, 0.1) is 0 Å². The van der Waals surface area contributed by atoms with E-state index in [0.29, 0.717) is 0 Å². The summed E-state index contributed by atoms with van der Waals surface area (Å²) in [5.74, 6) is -0.170. The number of nitrogens with zero attached hydrogens (tertiary/aromatic N) is 1. The Morgan fingerprint density at radius 3 is 2.41 bits per heavy atom. The lowest BCUT2D eigenvalue weighted by atomic mass is 10.0. The molecule has 0 bridgehead atoms. The zero-order chi connectivity index (χ0) is 12.1. The summed E-state index contributed by atoms with van der Waals surface area (Å²) < 4.78 is 12.7. The van der Waals surface area contributed by atoms with Crippen molar-refractivity contribution in [3.05, 3.63) is 65.2 Å². The molecule has 0 unspecified atom stereocenters. The molecule has 0 fully saturated rings. The molecule has 0 aliphatic rings. The van der Waals surface area contributed by atoms with E-state index in [-0.39, 0.29) is 5.82 Å². The predicted octanol–water partition coefficient (Wildman–Crippen LogP) is 3.70. The molecule has 2 rings (SSSR count). The van der Waals surface area contributed by atoms with Gasteiger partial charge in [0, 0.05) is 12.4 Å². The molecule has 1 aromatic carbocycles. The molecule has 1 nitrogen and oxygen atoms in total. The molecule has 0 amide bonds. The third kappa shape index (κ3) is 3.66. The highest BCUT2D eigenvalue weighted by Crippen LogP contribution is 2.09. The molecule has 0 aliphatic carbocycles. The van der Waals surface area contributed by atoms with Gasteiger partial charge in [-0.15, -0.1) is 0 Å². The van der Waals surface area contributed by atoms with Crippen LogP contribution >= 0.6 is 0 Å². The number of rotatable bonds is 4. The number of halogens is 1. The van der Waals surface area contributed by atoms with E-state index >= 15 is 0 Å². The van der Waals surface area contributed by atoms with E-state index in [1.54, 1.807) is 0 Å². The SMILES string of the molecule is Cc1cncc(CCCc2ccc(F)cc2)c1. The molecule has 0 radical (unpaired) electrons. The monoisotopic (exact) mass is 229 g/mol. The molecular formula is C15H16FN. The van der Waals surface area contributed by atoms with Gasteiger partial charge in [0.1, 0.15) is 5.82 Å². The Bertz CT molecular complexity index is 477. The number of aryl methyl sites for hydroxylation is 3. The zero-order valence-electron chi connectivity index (χ0n) is 9.99. The molecule has 0 spiro atoms. The van der Waals surface area contributed by atoms with E-state index < -0.39 is 0 Å². The van der Waals surface area contributed by atoms with Gasteiger partial charge in [-0.25, -0.2) is 4.39 Å². The molecule has 1 heterocycles. The second-order valence-electron chi connectivity index (χ2n) is 4.35. The highest BCUT2D eigenvalue weighted by Gasteiger charge is 1.97. The van der Waals surface area contributed by atoms with Crippen LogP contribution in [0.5, 0.6) is 0 Å². The fourth-order valence-corrected chi connectivity index (χ4v) is 1.90. The lowest BCUT2D eigenvalue weighted by Gasteiger charge is -2.03. The van der Waals surface area contributed by atoms with Crippen molar-refractivity contribution >= 4 is 0 Å². The second kappa shape index (κ2) is 5.58. The standard InChI is InChI=1S/C15H16FN/c1-12-9-14(11-17-10-12)4-2-3-13-5-7-15(16)8-6-13/h5-11H,2-4H2,1H3. The van der Waals surface area contributed by atoms with Crippen LogP contribution in [-0.2, 0) is 12.8 Å². The number of benzene rings is 1. The fraction of sp³-hybridized carbons (Fsp3) is 0.267. The van der Waals surface area contributed by atoms with E-state index in [9.17, 15) is 4.39 Å². The summed E-state index contributed by atoms with van der Waals surface area (Å²) in [6.07, 6.45) is 6.85. The third-order valence-electron chi connectivity index (χ3n) is 2.78. The molecule has 0 saturated heterocycles. The van der Waals surface area contributed by atoms with Gasteiger partial charge < -0.3 is 0 Å². The third-order valence-corrected chi connectivity index (χ3v) is 2.78. The summed E-state index contributed by atoms with van der Waals surface area (Å²) in [5, 5.41) is 0. The minimum Gasteiger partial charge on any atom is -0.264 e. The van der Waals surface area contributed by atoms with Crippen LogP contribution < -0.4 is 0 Å². The molecule has 17 heavy (non-hydrogen) atoms. The van der Waals surface area contributed by atoms with Crippen LogP contribution in [0.3, 0.4) is 0 Å². The van der Waals surface area contributed by atoms with Crippen LogP contribution in [0.2, 0.25) is 0 Å². The first-order chi connectivity index (χ1) is 8.24. The fourth-order valence-electron chi connectivity index (χ4n) is 1.90. The summed E-state index contributed by atoms with van der Waals surface area (Å²) in [7, 11) is 0. The van der Waals surface area contributed by atoms with Crippen LogP contribution in [0.1, 0.15) is 23.1 Å². The minimum atomic E-state index is -0.170. The van der Waals surface area contributed by atoms with Crippen molar-refractivity contribution in [2.24, 2.45) is 0 Å². The second-order valence-corrected chi connectivity index (χ2v) is 4.35. The van der Waals surface area contributed by atoms with Crippen LogP contribution in [0, 0.1) is 12.7 Å². The Balaban J connectivity index is 1.85. The highest BCUT2D eigenvalue weighted by molar-refractivity contribution is 5.18. The Kier molecular flexibility index (Phi) is 3.86. The maximum atomic E-state index is 12.7. The van der Waals surface area contributed by atoms with Crippen LogP contribution in [0.25, 0.3) is 0 Å². The quantitative estimate of drug-likeness (QED) is 0.779. The van der Waals surface area contributed by atoms with Crippen molar-refractivity contribution in [3.63, 3.8) is 0 Å². The van der Waals surface area contributed by atoms with Gasteiger partial charge in [0.2, 0.25) is 0 Å². The van der Waals surface area contributed by atoms with Gasteiger partial charge in [0.25, 0.3) is 0 Å². The van der Waals surface area contributed by atoms with Crippen LogP contribution in [0.4, 0.5) is 4.39 Å². The van der Waals surface area contributed by atoms with Crippen molar-refractivity contribution in [2.75, 3.05) is 0 Å². The Morgan fingerprint density at radius 2 is 1.71 bits per heavy atom. The van der Waals surface area contributed by atoms with Crippen LogP contribution in [0.15, 0.2) is 42.7 Å². The Morgan fingerprint density at radius 1 is 1.00 bits per heavy atom. The molecule has 1 aromatic heterocycles. The first-order valence-electron chi connectivity index (χ1n) is 5.89. The number of pyridine rings is 1. The predicted molar refractivity (Wildman–Crippen MR) is 67.4 cm³/mol. The van der Waals surface area contributed by atoms with Crippen LogP contribution in [-0.4, -0.2) is 4.98 Å². The summed E-state index contributed by atoms with van der Waals surface area (Å²) in [6, 6.07) is 8.90. The van der Waals surface area contributed by atoms with Crippen molar-refractivity contribution in [2.45, 2.75) is 26.2 Å². The number of aromatic nitrogens is 1. The lowest BCUT2D eigenvalue weighted by molar-refractivity contribution is 0.626. The summed E-state index contributed by atoms with van der Waals surface area (Å²) >= 11 is 0. The van der Waals surface area contributed by atoms with Crippen molar-refractivity contribution in [3.8, 4) is 0 Å². The lowest BCUT2D eigenvalue weighted by Crippen LogP contribution is -1.92. The topological polar surface area (TPSA) is 12.9 Å². The van der Waals surface area contributed by atoms with Crippen molar-refractivity contribution < 1.29 is 4.39 Å². The molecule has 0 N–H and O–H groups in total. The smallest absolute Gasteiger partial charge is 0.123 e. The maximum Gasteiger partial charge on any atom is 0.123 e. The Hall–Kier alpha value is -1.70. The van der Waals surface area contributed by atoms with Crippen molar-refractivity contribution in [1.82, 2.24) is 4.98 Å². The van der Waals surface area contributed by atoms with E-state index in [4.69, 9.17) is 0 Å². The van der Waals surface area contributed by atoms with Gasteiger partial charge in [-0.3, -0.25) is 4.98 Å². The molecule has 2 heteroatoms. The normalized spacial score (nSPS) is 10.5. The first-order valence-corrected chi connectivity index (χ1v) is 5.89. The van der Waals surface area contributed by atoms with E-state index in [0.717, 1.165) is 19.3 Å². The molecule has 0 aliphatic heterocycles. The molecule has 2 aromatic rings. The van der Waals surface area contributed by atoms with Gasteiger partial charge in [-0.2, -0.15) is 0 Å². The maximum absolute atomic E-state index is 12.7. The van der Waals surface area contributed by atoms with Gasteiger partial charge in [-0.1, -0.05) is 18.2 Å². The van der Waals surface area contributed by atoms with E-state index in [2.05, 4.69) is 18.0 Å². The van der Waals surface area contributed by atoms with Gasteiger partial charge >= 0.3 is 0 Å². The highest BCUT2D eigenvalue weighted by atomic mass is 19.1. The zero-order valence-corrected chi connectivity index (χ0v) is 9.99. The molecular weight excluding hydrogens is 213 g/mol. The minimum absolute atomic E-state index is 0.170. The average molecular weight is 229 g/mol. The summed E-state index contributed by atoms with van der Waals surface area (Å²) in [5.41, 5.74) is 3.66. The van der Waals surface area contributed by atoms with E-state index in [1.165, 1.54) is 28.8 Å². The summed E-state index contributed by atoms with van der Waals surface area (Å²) in [4.78, 5) is 4.17. The van der Waals surface area contributed by atoms with E-state index in [1.807, 2.05) is 24.5 Å². The molecule has 88 valence electrons. The Labute approximate surface area is 101 Å². The first kappa shape index (κ1) is 11.8. The van der Waals surface area contributed by atoms with Gasteiger partial charge in [0.15, 0.2) is 0 Å².